The molecule has 1 unspecified atom stereocenters. The van der Waals surface area contributed by atoms with Gasteiger partial charge in [0.1, 0.15) is 0 Å². The van der Waals surface area contributed by atoms with E-state index in [4.69, 9.17) is 14.2 Å². The van der Waals surface area contributed by atoms with Gasteiger partial charge in [0, 0.05) is 13.1 Å². The summed E-state index contributed by atoms with van der Waals surface area (Å²) in [5.74, 6) is 1.93. The SMILES string of the molecule is CCNC(=O)C(C)NCc1cc(OC)c2c(c1)OCO2. The molecule has 0 fully saturated rings. The Morgan fingerprint density at radius 3 is 2.95 bits per heavy atom. The van der Waals surface area contributed by atoms with Gasteiger partial charge in [-0.1, -0.05) is 0 Å². The number of nitrogens with one attached hydrogen (secondary N) is 2. The average molecular weight is 280 g/mol. The lowest BCUT2D eigenvalue weighted by Crippen LogP contribution is -2.41. The number of ether oxygens (including phenoxy) is 3. The molecule has 20 heavy (non-hydrogen) atoms. The zero-order valence-electron chi connectivity index (χ0n) is 12.0. The predicted octanol–water partition coefficient (Wildman–Crippen LogP) is 1.04. The molecule has 0 aromatic heterocycles. The molecule has 2 N–H and O–H groups in total. The van der Waals surface area contributed by atoms with E-state index >= 15 is 0 Å². The van der Waals surface area contributed by atoms with Gasteiger partial charge in [0.25, 0.3) is 0 Å². The van der Waals surface area contributed by atoms with E-state index in [-0.39, 0.29) is 18.7 Å². The van der Waals surface area contributed by atoms with E-state index < -0.39 is 0 Å². The molecule has 110 valence electrons. The van der Waals surface area contributed by atoms with E-state index in [1.165, 1.54) is 0 Å². The molecule has 1 aromatic carbocycles. The van der Waals surface area contributed by atoms with Crippen molar-refractivity contribution in [1.29, 1.82) is 0 Å². The molecule has 1 atom stereocenters. The molecule has 1 heterocycles. The average Bonchev–Trinajstić information content (AvgIpc) is 2.92. The smallest absolute Gasteiger partial charge is 0.236 e. The highest BCUT2D eigenvalue weighted by Gasteiger charge is 2.20. The fraction of sp³-hybridized carbons (Fsp3) is 0.500. The lowest BCUT2D eigenvalue weighted by Gasteiger charge is -2.14. The normalized spacial score (nSPS) is 13.9. The molecule has 1 aliphatic rings. The van der Waals surface area contributed by atoms with Crippen molar-refractivity contribution in [1.82, 2.24) is 10.6 Å². The first kappa shape index (κ1) is 14.5. The molecule has 6 heteroatoms. The van der Waals surface area contributed by atoms with Crippen molar-refractivity contribution < 1.29 is 19.0 Å². The molecule has 0 radical (unpaired) electrons. The minimum atomic E-state index is -0.258. The minimum Gasteiger partial charge on any atom is -0.493 e. The number of hydrogen-bond donors (Lipinski definition) is 2. The van der Waals surface area contributed by atoms with Crippen molar-refractivity contribution >= 4 is 5.91 Å². The third-order valence-electron chi connectivity index (χ3n) is 3.07. The van der Waals surface area contributed by atoms with Crippen molar-refractivity contribution in [3.63, 3.8) is 0 Å². The van der Waals surface area contributed by atoms with E-state index in [2.05, 4.69) is 10.6 Å². The summed E-state index contributed by atoms with van der Waals surface area (Å²) in [4.78, 5) is 11.6. The van der Waals surface area contributed by atoms with Crippen LogP contribution >= 0.6 is 0 Å². The first-order chi connectivity index (χ1) is 9.65. The summed E-state index contributed by atoms with van der Waals surface area (Å²) in [5.41, 5.74) is 0.974. The molecule has 0 aliphatic carbocycles. The summed E-state index contributed by atoms with van der Waals surface area (Å²) in [5, 5.41) is 5.94. The van der Waals surface area contributed by atoms with Gasteiger partial charge in [0.15, 0.2) is 11.5 Å². The highest BCUT2D eigenvalue weighted by molar-refractivity contribution is 5.81. The van der Waals surface area contributed by atoms with Gasteiger partial charge in [-0.15, -0.1) is 0 Å². The van der Waals surface area contributed by atoms with Crippen molar-refractivity contribution in [2.45, 2.75) is 26.4 Å². The second-order valence-electron chi connectivity index (χ2n) is 4.53. The second kappa shape index (κ2) is 6.47. The molecule has 1 aromatic rings. The van der Waals surface area contributed by atoms with Crippen molar-refractivity contribution in [3.8, 4) is 17.2 Å². The quantitative estimate of drug-likeness (QED) is 0.815. The first-order valence-corrected chi connectivity index (χ1v) is 6.63. The summed E-state index contributed by atoms with van der Waals surface area (Å²) in [6.45, 7) is 5.11. The monoisotopic (exact) mass is 280 g/mol. The van der Waals surface area contributed by atoms with E-state index in [1.54, 1.807) is 7.11 Å². The largest absolute Gasteiger partial charge is 0.493 e. The van der Waals surface area contributed by atoms with Gasteiger partial charge in [0.05, 0.1) is 13.2 Å². The number of methoxy groups -OCH3 is 1. The number of hydrogen-bond acceptors (Lipinski definition) is 5. The fourth-order valence-electron chi connectivity index (χ4n) is 1.98. The van der Waals surface area contributed by atoms with Crippen LogP contribution in [0.1, 0.15) is 19.4 Å². The van der Waals surface area contributed by atoms with Crippen LogP contribution in [-0.2, 0) is 11.3 Å². The Hall–Kier alpha value is -1.95. The van der Waals surface area contributed by atoms with Crippen LogP contribution < -0.4 is 24.8 Å². The number of carbonyl (C=O) groups is 1. The lowest BCUT2D eigenvalue weighted by atomic mass is 10.1. The Bertz CT molecular complexity index is 490. The zero-order chi connectivity index (χ0) is 14.5. The molecular weight excluding hydrogens is 260 g/mol. The van der Waals surface area contributed by atoms with Gasteiger partial charge in [0.2, 0.25) is 18.4 Å². The number of rotatable bonds is 6. The number of benzene rings is 1. The van der Waals surface area contributed by atoms with Crippen LogP contribution in [0.3, 0.4) is 0 Å². The van der Waals surface area contributed by atoms with Gasteiger partial charge in [-0.3, -0.25) is 4.79 Å². The van der Waals surface area contributed by atoms with E-state index in [1.807, 2.05) is 26.0 Å². The third kappa shape index (κ3) is 3.14. The zero-order valence-corrected chi connectivity index (χ0v) is 12.0. The highest BCUT2D eigenvalue weighted by atomic mass is 16.7. The summed E-state index contributed by atoms with van der Waals surface area (Å²) in [7, 11) is 1.59. The van der Waals surface area contributed by atoms with Gasteiger partial charge in [-0.05, 0) is 31.5 Å². The lowest BCUT2D eigenvalue weighted by molar-refractivity contribution is -0.122. The van der Waals surface area contributed by atoms with Crippen LogP contribution in [-0.4, -0.2) is 32.4 Å². The maximum Gasteiger partial charge on any atom is 0.236 e. The Labute approximate surface area is 118 Å². The predicted molar refractivity (Wildman–Crippen MR) is 74.1 cm³/mol. The number of carbonyl (C=O) groups excluding carboxylic acids is 1. The Balaban J connectivity index is 2.02. The molecule has 2 rings (SSSR count). The molecular formula is C14H20N2O4. The molecule has 0 bridgehead atoms. The van der Waals surface area contributed by atoms with Crippen molar-refractivity contribution in [3.05, 3.63) is 17.7 Å². The van der Waals surface area contributed by atoms with E-state index in [0.29, 0.717) is 30.3 Å². The molecule has 0 spiro atoms. The molecule has 6 nitrogen and oxygen atoms in total. The Kier molecular flexibility index (Phi) is 4.68. The molecule has 0 saturated carbocycles. The van der Waals surface area contributed by atoms with Crippen LogP contribution in [0.4, 0.5) is 0 Å². The summed E-state index contributed by atoms with van der Waals surface area (Å²) in [6, 6.07) is 3.51. The van der Waals surface area contributed by atoms with Crippen LogP contribution in [0.2, 0.25) is 0 Å². The van der Waals surface area contributed by atoms with E-state index in [9.17, 15) is 4.79 Å². The fourth-order valence-corrected chi connectivity index (χ4v) is 1.98. The minimum absolute atomic E-state index is 0.0137. The van der Waals surface area contributed by atoms with Gasteiger partial charge >= 0.3 is 0 Å². The molecule has 1 aliphatic heterocycles. The van der Waals surface area contributed by atoms with E-state index in [0.717, 1.165) is 5.56 Å². The van der Waals surface area contributed by atoms with Crippen molar-refractivity contribution in [2.24, 2.45) is 0 Å². The first-order valence-electron chi connectivity index (χ1n) is 6.63. The van der Waals surface area contributed by atoms with Crippen LogP contribution in [0.25, 0.3) is 0 Å². The number of likely N-dealkylation sites (N-methyl/N-ethyl adjacent to an activating group) is 1. The summed E-state index contributed by atoms with van der Waals surface area (Å²) in [6.07, 6.45) is 0. The number of amides is 1. The maximum absolute atomic E-state index is 11.6. The summed E-state index contributed by atoms with van der Waals surface area (Å²) >= 11 is 0. The summed E-state index contributed by atoms with van der Waals surface area (Å²) < 4.78 is 16.0. The topological polar surface area (TPSA) is 68.8 Å². The van der Waals surface area contributed by atoms with Gasteiger partial charge in [-0.25, -0.2) is 0 Å². The van der Waals surface area contributed by atoms with Crippen LogP contribution in [0, 0.1) is 0 Å². The molecule has 1 amide bonds. The standard InChI is InChI=1S/C14H20N2O4/c1-4-15-14(17)9(2)16-7-10-5-11(18-3)13-12(6-10)19-8-20-13/h5-6,9,16H,4,7-8H2,1-3H3,(H,15,17). The second-order valence-corrected chi connectivity index (χ2v) is 4.53. The van der Waals surface area contributed by atoms with Crippen LogP contribution in [0.5, 0.6) is 17.2 Å². The van der Waals surface area contributed by atoms with Gasteiger partial charge < -0.3 is 24.8 Å². The Morgan fingerprint density at radius 1 is 1.45 bits per heavy atom. The van der Waals surface area contributed by atoms with Crippen LogP contribution in [0.15, 0.2) is 12.1 Å². The number of fused-ring (bicyclic) bond motifs is 1. The highest BCUT2D eigenvalue weighted by Crippen LogP contribution is 2.41. The van der Waals surface area contributed by atoms with Crippen molar-refractivity contribution in [2.75, 3.05) is 20.4 Å². The Morgan fingerprint density at radius 2 is 2.25 bits per heavy atom. The third-order valence-corrected chi connectivity index (χ3v) is 3.07. The molecule has 0 saturated heterocycles. The van der Waals surface area contributed by atoms with Gasteiger partial charge in [-0.2, -0.15) is 0 Å². The maximum atomic E-state index is 11.6.